The van der Waals surface area contributed by atoms with Crippen molar-refractivity contribution in [1.29, 1.82) is 0 Å². The Morgan fingerprint density at radius 3 is 2.06 bits per heavy atom. The summed E-state index contributed by atoms with van der Waals surface area (Å²) in [5.74, 6) is 0. The van der Waals surface area contributed by atoms with Gasteiger partial charge in [-0.25, -0.2) is 0 Å². The van der Waals surface area contributed by atoms with Gasteiger partial charge in [0.1, 0.15) is 0 Å². The van der Waals surface area contributed by atoms with Gasteiger partial charge in [-0.3, -0.25) is 0 Å². The van der Waals surface area contributed by atoms with Gasteiger partial charge in [0.25, 0.3) is 0 Å². The van der Waals surface area contributed by atoms with E-state index in [1.54, 1.807) is 18.2 Å². The third kappa shape index (κ3) is 4.93. The maximum absolute atomic E-state index is 9.98. The average Bonchev–Trinajstić information content (AvgIpc) is 2.41. The molecule has 2 heteroatoms. The fourth-order valence-electron chi connectivity index (χ4n) is 0.994. The van der Waals surface area contributed by atoms with Crippen molar-refractivity contribution in [2.75, 3.05) is 0 Å². The van der Waals surface area contributed by atoms with Gasteiger partial charge < -0.3 is 4.79 Å². The monoisotopic (exact) mass is 301 g/mol. The van der Waals surface area contributed by atoms with Crippen LogP contribution in [0, 0.1) is 6.07 Å². The number of hydrogen-bond donors (Lipinski definition) is 0. The van der Waals surface area contributed by atoms with Gasteiger partial charge in [-0.2, -0.15) is 0 Å². The van der Waals surface area contributed by atoms with E-state index in [1.807, 2.05) is 40.9 Å². The van der Waals surface area contributed by atoms with Crippen LogP contribution in [-0.2, 0) is 18.7 Å². The summed E-state index contributed by atoms with van der Waals surface area (Å²) in [7, 11) is 0. The fraction of sp³-hybridized carbons (Fsp3) is 0. The van der Waals surface area contributed by atoms with Crippen LogP contribution in [0.5, 0.6) is 0 Å². The molecule has 0 saturated heterocycles. The summed E-state index contributed by atoms with van der Waals surface area (Å²) in [6.07, 6.45) is 0.778. The van der Waals surface area contributed by atoms with Gasteiger partial charge in [-0.15, -0.1) is 35.9 Å². The van der Waals surface area contributed by atoms with Crippen LogP contribution in [0.1, 0.15) is 15.9 Å². The number of rotatable bonds is 2. The number of hydrogen-bond acceptors (Lipinski definition) is 1. The summed E-state index contributed by atoms with van der Waals surface area (Å²) in [5.41, 5.74) is 1.82. The minimum atomic E-state index is 0.604. The molecule has 2 rings (SSSR count). The minimum absolute atomic E-state index is 0.604. The molecular formula is C14H11OPd-. The van der Waals surface area contributed by atoms with E-state index in [0.717, 1.165) is 6.29 Å². The van der Waals surface area contributed by atoms with E-state index in [0.29, 0.717) is 5.56 Å². The normalized spacial score (nSPS) is 8.62. The van der Waals surface area contributed by atoms with Crippen LogP contribution in [0.25, 0.3) is 0 Å². The molecule has 0 unspecified atom stereocenters. The molecule has 1 nitrogen and oxygen atoms in total. The molecule has 0 radical (unpaired) electrons. The zero-order chi connectivity index (χ0) is 11.6. The van der Waals surface area contributed by atoms with E-state index in [4.69, 9.17) is 0 Å². The Balaban J connectivity index is 0.000000160. The Labute approximate surface area is 106 Å². The van der Waals surface area contributed by atoms with Crippen molar-refractivity contribution in [1.82, 2.24) is 0 Å². The van der Waals surface area contributed by atoms with Crippen molar-refractivity contribution in [3.8, 4) is 0 Å². The third-order valence-corrected chi connectivity index (χ3v) is 2.28. The first-order valence-corrected chi connectivity index (χ1v) is 5.63. The van der Waals surface area contributed by atoms with Gasteiger partial charge in [0, 0.05) is 0 Å². The zero-order valence-corrected chi connectivity index (χ0v) is 10.1. The molecular weight excluding hydrogens is 291 g/mol. The molecule has 0 aliphatic rings. The van der Waals surface area contributed by atoms with Crippen LogP contribution in [0.4, 0.5) is 0 Å². The second-order valence-electron chi connectivity index (χ2n) is 2.94. The molecule has 0 N–H and O–H groups in total. The van der Waals surface area contributed by atoms with Crippen molar-refractivity contribution < 1.29 is 23.5 Å². The summed E-state index contributed by atoms with van der Waals surface area (Å²) >= 11 is 2.99. The van der Waals surface area contributed by atoms with Crippen molar-refractivity contribution in [2.24, 2.45) is 0 Å². The topological polar surface area (TPSA) is 17.1 Å². The summed E-state index contributed by atoms with van der Waals surface area (Å²) in [6, 6.07) is 19.9. The van der Waals surface area contributed by atoms with Crippen LogP contribution in [0.3, 0.4) is 0 Å². The molecule has 0 heterocycles. The Morgan fingerprint density at radius 1 is 1.00 bits per heavy atom. The first-order valence-electron chi connectivity index (χ1n) is 4.73. The van der Waals surface area contributed by atoms with Crippen LogP contribution in [0.2, 0.25) is 0 Å². The summed E-state index contributed by atoms with van der Waals surface area (Å²) in [5, 5.41) is 0. The van der Waals surface area contributed by atoms with E-state index < -0.39 is 0 Å². The summed E-state index contributed by atoms with van der Waals surface area (Å²) < 4.78 is 1.93. The third-order valence-electron chi connectivity index (χ3n) is 1.77. The Kier molecular flexibility index (Phi) is 6.25. The SMILES string of the molecule is O=Cc1[c-]cccc1.[Pd]=[CH]c1ccccc1. The number of carbonyl (C=O) groups excluding carboxylic acids is 1. The maximum atomic E-state index is 9.98. The predicted molar refractivity (Wildman–Crippen MR) is 62.3 cm³/mol. The van der Waals surface area contributed by atoms with E-state index >= 15 is 0 Å². The molecule has 0 atom stereocenters. The van der Waals surface area contributed by atoms with Crippen molar-refractivity contribution in [2.45, 2.75) is 0 Å². The van der Waals surface area contributed by atoms with Crippen LogP contribution in [-0.4, -0.2) is 10.8 Å². The first kappa shape index (κ1) is 12.7. The molecule has 2 aromatic rings. The van der Waals surface area contributed by atoms with Gasteiger partial charge in [0.2, 0.25) is 0 Å². The summed E-state index contributed by atoms with van der Waals surface area (Å²) in [6.45, 7) is 0. The molecule has 0 saturated carbocycles. The van der Waals surface area contributed by atoms with E-state index in [-0.39, 0.29) is 0 Å². The van der Waals surface area contributed by atoms with Gasteiger partial charge in [-0.05, 0) is 0 Å². The van der Waals surface area contributed by atoms with E-state index in [9.17, 15) is 4.79 Å². The van der Waals surface area contributed by atoms with E-state index in [1.165, 1.54) is 5.56 Å². The van der Waals surface area contributed by atoms with Gasteiger partial charge in [0.15, 0.2) is 0 Å². The molecule has 0 aliphatic heterocycles. The molecule has 0 spiro atoms. The molecule has 84 valence electrons. The number of aldehydes is 1. The van der Waals surface area contributed by atoms with Gasteiger partial charge in [0.05, 0.1) is 6.29 Å². The molecule has 0 amide bonds. The molecule has 0 aliphatic carbocycles. The van der Waals surface area contributed by atoms with Gasteiger partial charge >= 0.3 is 59.1 Å². The molecule has 0 aromatic heterocycles. The van der Waals surface area contributed by atoms with Crippen molar-refractivity contribution in [3.63, 3.8) is 0 Å². The molecule has 2 aromatic carbocycles. The van der Waals surface area contributed by atoms with E-state index in [2.05, 4.69) is 24.8 Å². The fourth-order valence-corrected chi connectivity index (χ4v) is 1.29. The Bertz CT molecular complexity index is 380. The second-order valence-corrected chi connectivity index (χ2v) is 3.39. The van der Waals surface area contributed by atoms with Crippen LogP contribution < -0.4 is 0 Å². The summed E-state index contributed by atoms with van der Waals surface area (Å²) in [4.78, 5) is 9.98. The Morgan fingerprint density at radius 2 is 1.69 bits per heavy atom. The number of carbonyl (C=O) groups is 1. The van der Waals surface area contributed by atoms with Crippen LogP contribution >= 0.6 is 0 Å². The van der Waals surface area contributed by atoms with Crippen LogP contribution in [0.15, 0.2) is 54.6 Å². The molecule has 0 bridgehead atoms. The predicted octanol–water partition coefficient (Wildman–Crippen LogP) is 2.68. The first-order chi connectivity index (χ1) is 7.86. The van der Waals surface area contributed by atoms with Crippen molar-refractivity contribution in [3.05, 3.63) is 71.8 Å². The zero-order valence-electron chi connectivity index (χ0n) is 8.58. The standard InChI is InChI=1S/C7H5O.C7H6.Pd/c8-6-7-4-2-1-3-5-7;1-7-5-3-2-4-6-7;/h1-4,6H;1-6H;/q-1;;. The average molecular weight is 302 g/mol. The van der Waals surface area contributed by atoms with Crippen molar-refractivity contribution >= 4 is 10.8 Å². The molecule has 16 heavy (non-hydrogen) atoms. The number of benzene rings is 2. The second kappa shape index (κ2) is 7.87. The molecule has 0 fully saturated rings. The van der Waals surface area contributed by atoms with Gasteiger partial charge in [-0.1, -0.05) is 0 Å². The quantitative estimate of drug-likeness (QED) is 0.473. The Hall–Kier alpha value is -1.36.